The molecule has 0 amide bonds. The fraction of sp³-hybridized carbons (Fsp3) is 0.0690. The number of benzene rings is 9. The molecule has 0 fully saturated rings. The molecule has 0 radical (unpaired) electrons. The van der Waals surface area contributed by atoms with Gasteiger partial charge in [-0.3, -0.25) is 0 Å². The number of hydrogen-bond donors (Lipinski definition) is 0. The Morgan fingerprint density at radius 2 is 0.729 bits per heavy atom. The van der Waals surface area contributed by atoms with Crippen molar-refractivity contribution in [3.05, 3.63) is 246 Å². The molecule has 9 aromatic carbocycles. The summed E-state index contributed by atoms with van der Waals surface area (Å²) in [5.41, 5.74) is 23.7. The predicted octanol–water partition coefficient (Wildman–Crippen LogP) is 15.1. The third-order valence-corrected chi connectivity index (χ3v) is 13.5. The Hall–Kier alpha value is -7.22. The summed E-state index contributed by atoms with van der Waals surface area (Å²) in [6, 6.07) is 79.2. The Balaban J connectivity index is 1.12. The van der Waals surface area contributed by atoms with Crippen LogP contribution in [-0.2, 0) is 10.8 Å². The van der Waals surface area contributed by atoms with E-state index in [0.29, 0.717) is 0 Å². The summed E-state index contributed by atoms with van der Waals surface area (Å²) in [7, 11) is 0. The van der Waals surface area contributed by atoms with Crippen LogP contribution in [0.1, 0.15) is 47.2 Å². The maximum atomic E-state index is 2.52. The molecule has 9 aromatic rings. The van der Waals surface area contributed by atoms with Crippen molar-refractivity contribution in [2.24, 2.45) is 0 Å². The highest BCUT2D eigenvalue weighted by Gasteiger charge is 2.52. The maximum absolute atomic E-state index is 2.52. The smallest absolute Gasteiger partial charge is 0.0726 e. The van der Waals surface area contributed by atoms with E-state index in [2.05, 4.69) is 231 Å². The van der Waals surface area contributed by atoms with Gasteiger partial charge in [0.2, 0.25) is 0 Å². The summed E-state index contributed by atoms with van der Waals surface area (Å²) in [6.07, 6.45) is 0. The van der Waals surface area contributed by atoms with Crippen LogP contribution >= 0.6 is 0 Å². The van der Waals surface area contributed by atoms with Crippen LogP contribution in [0.2, 0.25) is 0 Å². The lowest BCUT2D eigenvalue weighted by atomic mass is 9.70. The first-order chi connectivity index (χ1) is 29.0. The summed E-state index contributed by atoms with van der Waals surface area (Å²) in [6.45, 7) is 4.74. The van der Waals surface area contributed by atoms with Crippen molar-refractivity contribution in [1.82, 2.24) is 0 Å². The second-order valence-electron chi connectivity index (χ2n) is 16.8. The van der Waals surface area contributed by atoms with Gasteiger partial charge in [-0.25, -0.2) is 0 Å². The molecule has 0 saturated heterocycles. The molecule has 59 heavy (non-hydrogen) atoms. The standard InChI is InChI=1S/C58H41N/c1-57(2)50-24-12-9-20-45(50)48-34-32-42(36-54(48)57)59(41-30-28-39(29-31-41)38-16-5-3-6-17-38)43-33-35-49-55(37-43)58(51-25-13-10-21-46(51)47-22-11-14-26-52(47)58)53-27-15-23-44(56(49)53)40-18-7-4-8-19-40/h3-37H,1-2H3. The second kappa shape index (κ2) is 12.6. The topological polar surface area (TPSA) is 3.24 Å². The second-order valence-corrected chi connectivity index (χ2v) is 16.8. The molecule has 3 aliphatic rings. The summed E-state index contributed by atoms with van der Waals surface area (Å²) < 4.78 is 0. The lowest BCUT2D eigenvalue weighted by Crippen LogP contribution is -2.26. The summed E-state index contributed by atoms with van der Waals surface area (Å²) >= 11 is 0. The predicted molar refractivity (Wildman–Crippen MR) is 246 cm³/mol. The minimum Gasteiger partial charge on any atom is -0.310 e. The average molecular weight is 752 g/mol. The van der Waals surface area contributed by atoms with Crippen LogP contribution < -0.4 is 4.90 Å². The Labute approximate surface area is 346 Å². The molecule has 278 valence electrons. The molecule has 12 rings (SSSR count). The Morgan fingerprint density at radius 1 is 0.288 bits per heavy atom. The van der Waals surface area contributed by atoms with Crippen LogP contribution in [0.15, 0.2) is 212 Å². The van der Waals surface area contributed by atoms with E-state index in [1.54, 1.807) is 0 Å². The van der Waals surface area contributed by atoms with E-state index in [9.17, 15) is 0 Å². The van der Waals surface area contributed by atoms with E-state index >= 15 is 0 Å². The van der Waals surface area contributed by atoms with Gasteiger partial charge in [0.25, 0.3) is 0 Å². The summed E-state index contributed by atoms with van der Waals surface area (Å²) in [4.78, 5) is 2.48. The van der Waals surface area contributed by atoms with Crippen LogP contribution in [0.5, 0.6) is 0 Å². The van der Waals surface area contributed by atoms with E-state index < -0.39 is 5.41 Å². The first-order valence-corrected chi connectivity index (χ1v) is 20.8. The summed E-state index contributed by atoms with van der Waals surface area (Å²) in [5.74, 6) is 0. The highest BCUT2D eigenvalue weighted by molar-refractivity contribution is 6.01. The zero-order chi connectivity index (χ0) is 39.3. The highest BCUT2D eigenvalue weighted by Crippen LogP contribution is 2.64. The molecular formula is C58H41N. The third kappa shape index (κ3) is 4.73. The largest absolute Gasteiger partial charge is 0.310 e. The molecule has 0 bridgehead atoms. The van der Waals surface area contributed by atoms with Crippen LogP contribution in [0.3, 0.4) is 0 Å². The van der Waals surface area contributed by atoms with Gasteiger partial charge in [0.05, 0.1) is 5.41 Å². The normalized spacial score (nSPS) is 14.2. The molecule has 0 aromatic heterocycles. The number of rotatable bonds is 5. The fourth-order valence-electron chi connectivity index (χ4n) is 10.9. The Bertz CT molecular complexity index is 3070. The number of hydrogen-bond acceptors (Lipinski definition) is 1. The van der Waals surface area contributed by atoms with E-state index in [0.717, 1.165) is 17.1 Å². The van der Waals surface area contributed by atoms with Crippen molar-refractivity contribution in [2.75, 3.05) is 4.90 Å². The molecule has 1 nitrogen and oxygen atoms in total. The molecule has 0 unspecified atom stereocenters. The van der Waals surface area contributed by atoms with Gasteiger partial charge < -0.3 is 4.90 Å². The van der Waals surface area contributed by atoms with E-state index in [1.165, 1.54) is 89.0 Å². The molecule has 1 spiro atoms. The van der Waals surface area contributed by atoms with E-state index in [4.69, 9.17) is 0 Å². The van der Waals surface area contributed by atoms with Gasteiger partial charge in [0.1, 0.15) is 0 Å². The fourth-order valence-corrected chi connectivity index (χ4v) is 10.9. The molecule has 0 heterocycles. The SMILES string of the molecule is CC1(C)c2ccccc2-c2ccc(N(c3ccc(-c4ccccc4)cc3)c3ccc4c(c3)C3(c5ccccc5-c5ccccc53)c3cccc(-c5ccccc5)c3-4)cc21. The van der Waals surface area contributed by atoms with Crippen LogP contribution in [0, 0.1) is 0 Å². The minimum absolute atomic E-state index is 0.125. The molecule has 3 aliphatic carbocycles. The average Bonchev–Trinajstić information content (AvgIpc) is 3.86. The molecular weight excluding hydrogens is 711 g/mol. The van der Waals surface area contributed by atoms with Gasteiger partial charge in [-0.15, -0.1) is 0 Å². The zero-order valence-electron chi connectivity index (χ0n) is 33.2. The van der Waals surface area contributed by atoms with Crippen molar-refractivity contribution in [3.63, 3.8) is 0 Å². The molecule has 0 saturated carbocycles. The van der Waals surface area contributed by atoms with Gasteiger partial charge in [-0.05, 0) is 125 Å². The first-order valence-electron chi connectivity index (χ1n) is 20.8. The number of nitrogens with zero attached hydrogens (tertiary/aromatic N) is 1. The maximum Gasteiger partial charge on any atom is 0.0726 e. The van der Waals surface area contributed by atoms with Crippen LogP contribution in [-0.4, -0.2) is 0 Å². The van der Waals surface area contributed by atoms with Gasteiger partial charge in [0, 0.05) is 22.5 Å². The molecule has 0 aliphatic heterocycles. The van der Waals surface area contributed by atoms with Crippen molar-refractivity contribution in [1.29, 1.82) is 0 Å². The monoisotopic (exact) mass is 751 g/mol. The minimum atomic E-state index is -0.483. The lowest BCUT2D eigenvalue weighted by Gasteiger charge is -2.32. The summed E-state index contributed by atoms with van der Waals surface area (Å²) in [5, 5.41) is 0. The Morgan fingerprint density at radius 3 is 1.37 bits per heavy atom. The van der Waals surface area contributed by atoms with Crippen LogP contribution in [0.4, 0.5) is 17.1 Å². The Kier molecular flexibility index (Phi) is 7.26. The highest BCUT2D eigenvalue weighted by atomic mass is 15.1. The number of anilines is 3. The zero-order valence-corrected chi connectivity index (χ0v) is 33.2. The number of fused-ring (bicyclic) bond motifs is 13. The van der Waals surface area contributed by atoms with Crippen molar-refractivity contribution < 1.29 is 0 Å². The van der Waals surface area contributed by atoms with Gasteiger partial charge in [-0.2, -0.15) is 0 Å². The molecule has 0 atom stereocenters. The molecule has 1 heteroatoms. The quantitative estimate of drug-likeness (QED) is 0.169. The van der Waals surface area contributed by atoms with E-state index in [-0.39, 0.29) is 5.41 Å². The van der Waals surface area contributed by atoms with E-state index in [1.807, 2.05) is 0 Å². The van der Waals surface area contributed by atoms with Crippen molar-refractivity contribution in [2.45, 2.75) is 24.7 Å². The van der Waals surface area contributed by atoms with Gasteiger partial charge in [0.15, 0.2) is 0 Å². The van der Waals surface area contributed by atoms with Crippen molar-refractivity contribution in [3.8, 4) is 55.6 Å². The van der Waals surface area contributed by atoms with Crippen molar-refractivity contribution >= 4 is 17.1 Å². The lowest BCUT2D eigenvalue weighted by molar-refractivity contribution is 0.660. The van der Waals surface area contributed by atoms with Gasteiger partial charge in [-0.1, -0.05) is 190 Å². The third-order valence-electron chi connectivity index (χ3n) is 13.5. The first kappa shape index (κ1) is 33.9. The van der Waals surface area contributed by atoms with Gasteiger partial charge >= 0.3 is 0 Å². The molecule has 0 N–H and O–H groups in total. The van der Waals surface area contributed by atoms with Crippen LogP contribution in [0.25, 0.3) is 55.6 Å².